The number of rotatable bonds is 7. The van der Waals surface area contributed by atoms with Gasteiger partial charge in [-0.15, -0.1) is 0 Å². The SMILES string of the molecule is CCOC1CC(NC(=O)Cc2ccccc2OC)(C(=O)O)C1(C)C. The molecular formula is C18H25NO5. The van der Waals surface area contributed by atoms with Gasteiger partial charge in [0.15, 0.2) is 0 Å². The lowest BCUT2D eigenvalue weighted by molar-refractivity contribution is -0.194. The Labute approximate surface area is 142 Å². The number of nitrogens with one attached hydrogen (secondary N) is 1. The maximum atomic E-state index is 12.5. The highest BCUT2D eigenvalue weighted by atomic mass is 16.5. The number of carboxylic acids is 1. The van der Waals surface area contributed by atoms with E-state index in [2.05, 4.69) is 5.32 Å². The van der Waals surface area contributed by atoms with E-state index in [-0.39, 0.29) is 24.9 Å². The Balaban J connectivity index is 2.15. The summed E-state index contributed by atoms with van der Waals surface area (Å²) in [6, 6.07) is 7.20. The molecule has 1 fully saturated rings. The fourth-order valence-corrected chi connectivity index (χ4v) is 3.34. The van der Waals surface area contributed by atoms with E-state index in [0.717, 1.165) is 5.56 Å². The molecule has 2 N–H and O–H groups in total. The van der Waals surface area contributed by atoms with Crippen LogP contribution in [0.4, 0.5) is 0 Å². The first-order valence-electron chi connectivity index (χ1n) is 8.06. The molecule has 0 aromatic heterocycles. The van der Waals surface area contributed by atoms with E-state index in [4.69, 9.17) is 9.47 Å². The van der Waals surface area contributed by atoms with Gasteiger partial charge in [-0.3, -0.25) is 4.79 Å². The van der Waals surface area contributed by atoms with Crippen molar-refractivity contribution in [1.82, 2.24) is 5.32 Å². The molecule has 0 heterocycles. The lowest BCUT2D eigenvalue weighted by atomic mass is 9.54. The van der Waals surface area contributed by atoms with Crippen LogP contribution >= 0.6 is 0 Å². The van der Waals surface area contributed by atoms with Gasteiger partial charge in [-0.25, -0.2) is 4.79 Å². The molecule has 24 heavy (non-hydrogen) atoms. The van der Waals surface area contributed by atoms with E-state index < -0.39 is 16.9 Å². The van der Waals surface area contributed by atoms with E-state index in [1.807, 2.05) is 32.9 Å². The van der Waals surface area contributed by atoms with Gasteiger partial charge in [0.25, 0.3) is 0 Å². The van der Waals surface area contributed by atoms with Crippen molar-refractivity contribution in [2.75, 3.05) is 13.7 Å². The highest BCUT2D eigenvalue weighted by molar-refractivity contribution is 5.90. The van der Waals surface area contributed by atoms with Crippen LogP contribution in [-0.4, -0.2) is 42.3 Å². The molecule has 0 radical (unpaired) electrons. The summed E-state index contributed by atoms with van der Waals surface area (Å²) in [5.74, 6) is -0.765. The highest BCUT2D eigenvalue weighted by Crippen LogP contribution is 2.51. The first-order valence-corrected chi connectivity index (χ1v) is 8.06. The largest absolute Gasteiger partial charge is 0.496 e. The molecule has 1 saturated carbocycles. The fourth-order valence-electron chi connectivity index (χ4n) is 3.34. The summed E-state index contributed by atoms with van der Waals surface area (Å²) in [5.41, 5.74) is -1.28. The first kappa shape index (κ1) is 18.3. The molecule has 0 spiro atoms. The molecular weight excluding hydrogens is 310 g/mol. The van der Waals surface area contributed by atoms with Crippen LogP contribution in [0.15, 0.2) is 24.3 Å². The number of carboxylic acid groups (broad SMARTS) is 1. The summed E-state index contributed by atoms with van der Waals surface area (Å²) in [6.07, 6.45) is 0.139. The van der Waals surface area contributed by atoms with Crippen LogP contribution in [0.5, 0.6) is 5.75 Å². The molecule has 1 aromatic carbocycles. The minimum atomic E-state index is -1.31. The Kier molecular flexibility index (Phi) is 5.18. The van der Waals surface area contributed by atoms with Crippen LogP contribution < -0.4 is 10.1 Å². The number of hydrogen-bond acceptors (Lipinski definition) is 4. The molecule has 0 bridgehead atoms. The molecule has 0 aliphatic heterocycles. The molecule has 132 valence electrons. The summed E-state index contributed by atoms with van der Waals surface area (Å²) in [4.78, 5) is 24.4. The van der Waals surface area contributed by atoms with Gasteiger partial charge < -0.3 is 19.9 Å². The summed E-state index contributed by atoms with van der Waals surface area (Å²) in [7, 11) is 1.54. The van der Waals surface area contributed by atoms with Crippen LogP contribution in [0.3, 0.4) is 0 Å². The Bertz CT molecular complexity index is 628. The average Bonchev–Trinajstić information content (AvgIpc) is 2.53. The molecule has 6 heteroatoms. The van der Waals surface area contributed by atoms with Gasteiger partial charge in [-0.1, -0.05) is 32.0 Å². The van der Waals surface area contributed by atoms with Gasteiger partial charge in [0.2, 0.25) is 5.91 Å². The lowest BCUT2D eigenvalue weighted by Gasteiger charge is -2.58. The van der Waals surface area contributed by atoms with E-state index in [1.165, 1.54) is 7.11 Å². The van der Waals surface area contributed by atoms with Crippen molar-refractivity contribution in [2.45, 2.75) is 45.3 Å². The Morgan fingerprint density at radius 1 is 1.33 bits per heavy atom. The van der Waals surface area contributed by atoms with Gasteiger partial charge in [-0.05, 0) is 13.0 Å². The van der Waals surface area contributed by atoms with Crippen molar-refractivity contribution in [3.63, 3.8) is 0 Å². The second-order valence-electron chi connectivity index (χ2n) is 6.62. The number of aliphatic carboxylic acids is 1. The Hall–Kier alpha value is -2.08. The van der Waals surface area contributed by atoms with Gasteiger partial charge in [0.05, 0.1) is 19.6 Å². The Morgan fingerprint density at radius 2 is 2.00 bits per heavy atom. The van der Waals surface area contributed by atoms with Crippen LogP contribution in [0.2, 0.25) is 0 Å². The zero-order chi connectivity index (χ0) is 18.0. The zero-order valence-electron chi connectivity index (χ0n) is 14.6. The number of carbonyl (C=O) groups excluding carboxylic acids is 1. The van der Waals surface area contributed by atoms with Gasteiger partial charge in [0, 0.05) is 24.0 Å². The molecule has 2 atom stereocenters. The van der Waals surface area contributed by atoms with Crippen LogP contribution in [0.25, 0.3) is 0 Å². The van der Waals surface area contributed by atoms with Gasteiger partial charge in [-0.2, -0.15) is 0 Å². The number of carbonyl (C=O) groups is 2. The number of ether oxygens (including phenoxy) is 2. The summed E-state index contributed by atoms with van der Waals surface area (Å²) >= 11 is 0. The molecule has 0 saturated heterocycles. The number of benzene rings is 1. The average molecular weight is 335 g/mol. The number of methoxy groups -OCH3 is 1. The van der Waals surface area contributed by atoms with E-state index in [0.29, 0.717) is 12.4 Å². The second-order valence-corrected chi connectivity index (χ2v) is 6.62. The lowest BCUT2D eigenvalue weighted by Crippen LogP contribution is -2.76. The molecule has 1 amide bonds. The third kappa shape index (κ3) is 2.98. The zero-order valence-corrected chi connectivity index (χ0v) is 14.6. The molecule has 2 unspecified atom stereocenters. The maximum absolute atomic E-state index is 12.5. The van der Waals surface area contributed by atoms with Gasteiger partial charge in [0.1, 0.15) is 11.3 Å². The normalized spacial score (nSPS) is 24.8. The third-order valence-electron chi connectivity index (χ3n) is 5.03. The van der Waals surface area contributed by atoms with Crippen LogP contribution in [0, 0.1) is 5.41 Å². The minimum Gasteiger partial charge on any atom is -0.496 e. The fraction of sp³-hybridized carbons (Fsp3) is 0.556. The minimum absolute atomic E-state index is 0.0639. The smallest absolute Gasteiger partial charge is 0.330 e. The van der Waals surface area contributed by atoms with Crippen molar-refractivity contribution in [2.24, 2.45) is 5.41 Å². The molecule has 6 nitrogen and oxygen atoms in total. The quantitative estimate of drug-likeness (QED) is 0.796. The van der Waals surface area contributed by atoms with Crippen molar-refractivity contribution >= 4 is 11.9 Å². The first-order chi connectivity index (χ1) is 11.3. The molecule has 1 aromatic rings. The predicted octanol–water partition coefficient (Wildman–Crippen LogP) is 2.01. The van der Waals surface area contributed by atoms with E-state index in [9.17, 15) is 14.7 Å². The number of hydrogen-bond donors (Lipinski definition) is 2. The van der Waals surface area contributed by atoms with Gasteiger partial charge >= 0.3 is 5.97 Å². The summed E-state index contributed by atoms with van der Waals surface area (Å²) < 4.78 is 10.8. The van der Waals surface area contributed by atoms with Crippen molar-refractivity contribution in [1.29, 1.82) is 0 Å². The summed E-state index contributed by atoms with van der Waals surface area (Å²) in [6.45, 7) is 6.01. The number of para-hydroxylation sites is 1. The van der Waals surface area contributed by atoms with Crippen molar-refractivity contribution in [3.05, 3.63) is 29.8 Å². The predicted molar refractivity (Wildman–Crippen MR) is 89.0 cm³/mol. The van der Waals surface area contributed by atoms with E-state index >= 15 is 0 Å². The monoisotopic (exact) mass is 335 g/mol. The van der Waals surface area contributed by atoms with Crippen LogP contribution in [-0.2, 0) is 20.7 Å². The summed E-state index contributed by atoms with van der Waals surface area (Å²) in [5, 5.41) is 12.5. The number of amides is 1. The van der Waals surface area contributed by atoms with Crippen LogP contribution in [0.1, 0.15) is 32.8 Å². The van der Waals surface area contributed by atoms with E-state index in [1.54, 1.807) is 12.1 Å². The highest BCUT2D eigenvalue weighted by Gasteiger charge is 2.66. The van der Waals surface area contributed by atoms with Crippen molar-refractivity contribution < 1.29 is 24.2 Å². The second kappa shape index (κ2) is 6.81. The van der Waals surface area contributed by atoms with Crippen molar-refractivity contribution in [3.8, 4) is 5.75 Å². The molecule has 1 aliphatic carbocycles. The standard InChI is InChI=1S/C18H25NO5/c1-5-24-14-11-18(16(21)22,17(14,2)3)19-15(20)10-12-8-6-7-9-13(12)23-4/h6-9,14H,5,10-11H2,1-4H3,(H,19,20)(H,21,22). The molecule has 1 aliphatic rings. The third-order valence-corrected chi connectivity index (χ3v) is 5.03. The topological polar surface area (TPSA) is 84.9 Å². The molecule has 2 rings (SSSR count). The Morgan fingerprint density at radius 3 is 2.54 bits per heavy atom. The maximum Gasteiger partial charge on any atom is 0.330 e.